The molecule has 0 N–H and O–H groups in total. The molecule has 106 valence electrons. The zero-order valence-corrected chi connectivity index (χ0v) is 12.4. The first-order chi connectivity index (χ1) is 10.2. The Hall–Kier alpha value is -1.98. The number of thiazole rings is 1. The van der Waals surface area contributed by atoms with Crippen LogP contribution in [0.4, 0.5) is 4.39 Å². The quantitative estimate of drug-likeness (QED) is 0.706. The average molecular weight is 321 g/mol. The summed E-state index contributed by atoms with van der Waals surface area (Å²) in [6.07, 6.45) is 5.11. The van der Waals surface area contributed by atoms with Gasteiger partial charge in [-0.15, -0.1) is 0 Å². The van der Waals surface area contributed by atoms with E-state index in [4.69, 9.17) is 16.3 Å². The third-order valence-electron chi connectivity index (χ3n) is 2.78. The fourth-order valence-corrected chi connectivity index (χ4v) is 2.71. The van der Waals surface area contributed by atoms with Crippen LogP contribution in [0.2, 0.25) is 5.02 Å². The summed E-state index contributed by atoms with van der Waals surface area (Å²) in [4.78, 5) is 8.28. The van der Waals surface area contributed by atoms with Crippen molar-refractivity contribution >= 4 is 22.9 Å². The lowest BCUT2D eigenvalue weighted by atomic mass is 10.2. The first-order valence-electron chi connectivity index (χ1n) is 6.15. The van der Waals surface area contributed by atoms with Crippen molar-refractivity contribution in [3.8, 4) is 15.6 Å². The largest absolute Gasteiger partial charge is 0.478 e. The molecule has 6 heteroatoms. The topological polar surface area (TPSA) is 35.0 Å². The standard InChI is InChI=1S/C15H10ClFN2OS/c16-12-7-10(1-2-13(12)17)9-20-14-8-19-15(21-14)11-3-5-18-6-4-11/h1-8H,9H2. The van der Waals surface area contributed by atoms with Crippen molar-refractivity contribution in [2.45, 2.75) is 6.61 Å². The van der Waals surface area contributed by atoms with Crippen molar-refractivity contribution < 1.29 is 9.13 Å². The molecule has 3 rings (SSSR count). The van der Waals surface area contributed by atoms with Gasteiger partial charge in [-0.2, -0.15) is 0 Å². The number of halogens is 2. The highest BCUT2D eigenvalue weighted by molar-refractivity contribution is 7.16. The number of aromatic nitrogens is 2. The average Bonchev–Trinajstić information content (AvgIpc) is 2.98. The SMILES string of the molecule is Fc1ccc(COc2cnc(-c3ccncc3)s2)cc1Cl. The van der Waals surface area contributed by atoms with E-state index in [0.29, 0.717) is 11.7 Å². The van der Waals surface area contributed by atoms with Crippen LogP contribution in [0.5, 0.6) is 5.06 Å². The van der Waals surface area contributed by atoms with Crippen molar-refractivity contribution in [1.29, 1.82) is 0 Å². The maximum absolute atomic E-state index is 13.1. The molecule has 3 nitrogen and oxygen atoms in total. The maximum Gasteiger partial charge on any atom is 0.194 e. The number of pyridine rings is 1. The summed E-state index contributed by atoms with van der Waals surface area (Å²) < 4.78 is 18.7. The molecule has 0 spiro atoms. The number of nitrogens with zero attached hydrogens (tertiary/aromatic N) is 2. The Kier molecular flexibility index (Phi) is 4.13. The Bertz CT molecular complexity index is 748. The van der Waals surface area contributed by atoms with Crippen LogP contribution >= 0.6 is 22.9 Å². The molecule has 0 unspecified atom stereocenters. The van der Waals surface area contributed by atoms with E-state index in [-0.39, 0.29) is 5.02 Å². The number of ether oxygens (including phenoxy) is 1. The minimum absolute atomic E-state index is 0.0953. The van der Waals surface area contributed by atoms with Gasteiger partial charge in [0.05, 0.1) is 11.2 Å². The van der Waals surface area contributed by atoms with Crippen molar-refractivity contribution in [2.75, 3.05) is 0 Å². The first kappa shape index (κ1) is 14.0. The van der Waals surface area contributed by atoms with Gasteiger partial charge in [0.15, 0.2) is 5.06 Å². The molecule has 0 radical (unpaired) electrons. The lowest BCUT2D eigenvalue weighted by molar-refractivity contribution is 0.315. The number of benzene rings is 1. The Morgan fingerprint density at radius 1 is 1.19 bits per heavy atom. The van der Waals surface area contributed by atoms with Crippen LogP contribution in [0.3, 0.4) is 0 Å². The number of hydrogen-bond donors (Lipinski definition) is 0. The molecule has 0 fully saturated rings. The highest BCUT2D eigenvalue weighted by Gasteiger charge is 2.06. The molecular weight excluding hydrogens is 311 g/mol. The normalized spacial score (nSPS) is 10.6. The van der Waals surface area contributed by atoms with Gasteiger partial charge in [0, 0.05) is 18.0 Å². The van der Waals surface area contributed by atoms with Crippen LogP contribution in [-0.4, -0.2) is 9.97 Å². The predicted molar refractivity (Wildman–Crippen MR) is 81.1 cm³/mol. The van der Waals surface area contributed by atoms with Crippen molar-refractivity contribution in [3.05, 3.63) is 65.3 Å². The summed E-state index contributed by atoms with van der Waals surface area (Å²) in [5.74, 6) is -0.432. The minimum Gasteiger partial charge on any atom is -0.478 e. The van der Waals surface area contributed by atoms with Gasteiger partial charge in [0.25, 0.3) is 0 Å². The lowest BCUT2D eigenvalue weighted by Gasteiger charge is -2.03. The molecule has 1 aromatic carbocycles. The maximum atomic E-state index is 13.1. The van der Waals surface area contributed by atoms with Crippen LogP contribution in [0.25, 0.3) is 10.6 Å². The summed E-state index contributed by atoms with van der Waals surface area (Å²) in [6, 6.07) is 8.31. The van der Waals surface area contributed by atoms with Gasteiger partial charge in [-0.25, -0.2) is 9.37 Å². The van der Waals surface area contributed by atoms with E-state index in [1.807, 2.05) is 12.1 Å². The minimum atomic E-state index is -0.432. The van der Waals surface area contributed by atoms with Gasteiger partial charge in [0.2, 0.25) is 0 Å². The van der Waals surface area contributed by atoms with Crippen LogP contribution in [-0.2, 0) is 6.61 Å². The van der Waals surface area contributed by atoms with E-state index >= 15 is 0 Å². The molecule has 0 aliphatic rings. The molecule has 0 bridgehead atoms. The summed E-state index contributed by atoms with van der Waals surface area (Å²) >= 11 is 7.18. The van der Waals surface area contributed by atoms with Crippen LogP contribution in [0, 0.1) is 5.82 Å². The second-order valence-electron chi connectivity index (χ2n) is 4.26. The molecule has 0 saturated heterocycles. The Morgan fingerprint density at radius 3 is 2.76 bits per heavy atom. The second-order valence-corrected chi connectivity index (χ2v) is 5.66. The van der Waals surface area contributed by atoms with Gasteiger partial charge in [0.1, 0.15) is 17.4 Å². The molecule has 2 heterocycles. The van der Waals surface area contributed by atoms with Crippen LogP contribution in [0.1, 0.15) is 5.56 Å². The lowest BCUT2D eigenvalue weighted by Crippen LogP contribution is -1.94. The Morgan fingerprint density at radius 2 is 2.00 bits per heavy atom. The molecule has 0 saturated carbocycles. The monoisotopic (exact) mass is 320 g/mol. The highest BCUT2D eigenvalue weighted by Crippen LogP contribution is 2.30. The highest BCUT2D eigenvalue weighted by atomic mass is 35.5. The van der Waals surface area contributed by atoms with E-state index in [2.05, 4.69) is 9.97 Å². The molecule has 0 aliphatic carbocycles. The molecule has 0 atom stereocenters. The smallest absolute Gasteiger partial charge is 0.194 e. The van der Waals surface area contributed by atoms with Gasteiger partial charge in [-0.1, -0.05) is 29.0 Å². The third-order valence-corrected chi connectivity index (χ3v) is 4.03. The van der Waals surface area contributed by atoms with E-state index < -0.39 is 5.82 Å². The summed E-state index contributed by atoms with van der Waals surface area (Å²) in [5.41, 5.74) is 1.80. The zero-order chi connectivity index (χ0) is 14.7. The third kappa shape index (κ3) is 3.37. The van der Waals surface area contributed by atoms with Gasteiger partial charge in [-0.05, 0) is 29.8 Å². The van der Waals surface area contributed by atoms with Gasteiger partial charge >= 0.3 is 0 Å². The number of rotatable bonds is 4. The summed E-state index contributed by atoms with van der Waals surface area (Å²) in [5, 5.41) is 1.66. The molecule has 2 aromatic heterocycles. The van der Waals surface area contributed by atoms with Crippen LogP contribution in [0.15, 0.2) is 48.9 Å². The van der Waals surface area contributed by atoms with Crippen molar-refractivity contribution in [2.24, 2.45) is 0 Å². The fourth-order valence-electron chi connectivity index (χ4n) is 1.74. The fraction of sp³-hybridized carbons (Fsp3) is 0.0667. The van der Waals surface area contributed by atoms with Gasteiger partial charge < -0.3 is 4.74 Å². The van der Waals surface area contributed by atoms with Crippen molar-refractivity contribution in [3.63, 3.8) is 0 Å². The van der Waals surface area contributed by atoms with Crippen molar-refractivity contribution in [1.82, 2.24) is 9.97 Å². The summed E-state index contributed by atoms with van der Waals surface area (Å²) in [7, 11) is 0. The van der Waals surface area contributed by atoms with Gasteiger partial charge in [-0.3, -0.25) is 4.98 Å². The molecule has 0 aliphatic heterocycles. The predicted octanol–water partition coefficient (Wildman–Crippen LogP) is 4.58. The second kappa shape index (κ2) is 6.20. The molecular formula is C15H10ClFN2OS. The first-order valence-corrected chi connectivity index (χ1v) is 7.35. The molecule has 21 heavy (non-hydrogen) atoms. The zero-order valence-electron chi connectivity index (χ0n) is 10.8. The van der Waals surface area contributed by atoms with E-state index in [1.54, 1.807) is 30.7 Å². The number of hydrogen-bond acceptors (Lipinski definition) is 4. The van der Waals surface area contributed by atoms with Crippen LogP contribution < -0.4 is 4.74 Å². The summed E-state index contributed by atoms with van der Waals surface area (Å²) in [6.45, 7) is 0.317. The molecule has 0 amide bonds. The molecule has 3 aromatic rings. The van der Waals surface area contributed by atoms with E-state index in [9.17, 15) is 4.39 Å². The van der Waals surface area contributed by atoms with E-state index in [1.165, 1.54) is 17.4 Å². The Labute approximate surface area is 130 Å². The Balaban J connectivity index is 1.69. The van der Waals surface area contributed by atoms with E-state index in [0.717, 1.165) is 16.1 Å².